The van der Waals surface area contributed by atoms with E-state index in [1.165, 1.54) is 11.9 Å². The molecule has 0 bridgehead atoms. The molecule has 0 atom stereocenters. The van der Waals surface area contributed by atoms with Gasteiger partial charge in [-0.25, -0.2) is 4.98 Å². The van der Waals surface area contributed by atoms with Gasteiger partial charge in [0.25, 0.3) is 0 Å². The van der Waals surface area contributed by atoms with Crippen molar-refractivity contribution in [3.05, 3.63) is 24.3 Å². The van der Waals surface area contributed by atoms with Gasteiger partial charge in [-0.1, -0.05) is 25.5 Å². The maximum atomic E-state index is 12.3. The number of carbonyl (C=O) groups excluding carboxylic acids is 1. The van der Waals surface area contributed by atoms with E-state index < -0.39 is 0 Å². The van der Waals surface area contributed by atoms with Crippen LogP contribution in [0.4, 0.5) is 5.95 Å². The summed E-state index contributed by atoms with van der Waals surface area (Å²) in [6, 6.07) is 8.86. The van der Waals surface area contributed by atoms with E-state index in [9.17, 15) is 4.79 Å². The molecule has 1 saturated carbocycles. The molecule has 1 aliphatic heterocycles. The van der Waals surface area contributed by atoms with Gasteiger partial charge < -0.3 is 14.8 Å². The van der Waals surface area contributed by atoms with Crippen LogP contribution in [0.15, 0.2) is 24.3 Å². The first kappa shape index (κ1) is 16.4. The Hall–Kier alpha value is -2.04. The van der Waals surface area contributed by atoms with Crippen LogP contribution >= 0.6 is 0 Å². The number of amides is 1. The molecule has 4 rings (SSSR count). The van der Waals surface area contributed by atoms with Gasteiger partial charge in [0.1, 0.15) is 0 Å². The number of hydrogen-bond donors (Lipinski definition) is 1. The number of rotatable bonds is 6. The van der Waals surface area contributed by atoms with E-state index in [-0.39, 0.29) is 11.8 Å². The van der Waals surface area contributed by atoms with Gasteiger partial charge in [0.05, 0.1) is 11.0 Å². The normalized spacial score (nSPS) is 18.7. The van der Waals surface area contributed by atoms with Crippen molar-refractivity contribution in [1.82, 2.24) is 14.9 Å². The summed E-state index contributed by atoms with van der Waals surface area (Å²) in [5.74, 6) is 1.52. The molecule has 2 fully saturated rings. The van der Waals surface area contributed by atoms with Crippen LogP contribution < -0.4 is 10.2 Å². The lowest BCUT2D eigenvalue weighted by Crippen LogP contribution is -2.42. The minimum absolute atomic E-state index is 0.172. The van der Waals surface area contributed by atoms with Crippen LogP contribution in [0.1, 0.15) is 45.4 Å². The molecule has 5 nitrogen and oxygen atoms in total. The molecular formula is C20H28N4O. The van der Waals surface area contributed by atoms with Crippen molar-refractivity contribution in [2.75, 3.05) is 18.0 Å². The third-order valence-corrected chi connectivity index (χ3v) is 5.44. The van der Waals surface area contributed by atoms with Crippen molar-refractivity contribution in [3.8, 4) is 0 Å². The predicted octanol–water partition coefficient (Wildman–Crippen LogP) is 3.33. The topological polar surface area (TPSA) is 50.2 Å². The van der Waals surface area contributed by atoms with Crippen LogP contribution in [0.2, 0.25) is 0 Å². The van der Waals surface area contributed by atoms with Gasteiger partial charge in [-0.05, 0) is 44.2 Å². The highest BCUT2D eigenvalue weighted by Gasteiger charge is 2.31. The first-order valence-corrected chi connectivity index (χ1v) is 9.77. The number of piperidine rings is 1. The Labute approximate surface area is 149 Å². The van der Waals surface area contributed by atoms with Crippen molar-refractivity contribution in [3.63, 3.8) is 0 Å². The average Bonchev–Trinajstić information content (AvgIpc) is 3.38. The molecule has 0 radical (unpaired) electrons. The molecule has 1 aliphatic carbocycles. The maximum absolute atomic E-state index is 12.3. The highest BCUT2D eigenvalue weighted by atomic mass is 16.2. The summed E-state index contributed by atoms with van der Waals surface area (Å²) in [6.07, 6.45) is 6.51. The molecule has 2 aromatic rings. The molecule has 134 valence electrons. The van der Waals surface area contributed by atoms with Gasteiger partial charge in [0.2, 0.25) is 11.9 Å². The van der Waals surface area contributed by atoms with Gasteiger partial charge in [-0.3, -0.25) is 4.79 Å². The molecule has 5 heteroatoms. The fourth-order valence-corrected chi connectivity index (χ4v) is 3.73. The third-order valence-electron chi connectivity index (χ3n) is 5.44. The second-order valence-corrected chi connectivity index (χ2v) is 7.45. The first-order valence-electron chi connectivity index (χ1n) is 9.77. The average molecular weight is 340 g/mol. The van der Waals surface area contributed by atoms with Gasteiger partial charge >= 0.3 is 0 Å². The molecule has 2 heterocycles. The lowest BCUT2D eigenvalue weighted by molar-refractivity contribution is -0.125. The van der Waals surface area contributed by atoms with Gasteiger partial charge in [0.15, 0.2) is 0 Å². The summed E-state index contributed by atoms with van der Waals surface area (Å²) in [5.41, 5.74) is 2.29. The van der Waals surface area contributed by atoms with Crippen LogP contribution in [0.25, 0.3) is 11.0 Å². The Morgan fingerprint density at radius 3 is 2.68 bits per heavy atom. The summed E-state index contributed by atoms with van der Waals surface area (Å²) < 4.78 is 2.36. The fourth-order valence-electron chi connectivity index (χ4n) is 3.73. The highest BCUT2D eigenvalue weighted by Crippen LogP contribution is 2.28. The van der Waals surface area contributed by atoms with E-state index in [1.807, 2.05) is 0 Å². The second-order valence-electron chi connectivity index (χ2n) is 7.45. The van der Waals surface area contributed by atoms with E-state index in [4.69, 9.17) is 4.98 Å². The molecule has 1 amide bonds. The van der Waals surface area contributed by atoms with Crippen molar-refractivity contribution >= 4 is 22.9 Å². The SMILES string of the molecule is CCCCn1c(N2CCC(C(=O)NC3CC3)CC2)nc2ccccc21. The molecule has 1 aromatic carbocycles. The Bertz CT molecular complexity index is 741. The number of aromatic nitrogens is 2. The lowest BCUT2D eigenvalue weighted by Gasteiger charge is -2.32. The van der Waals surface area contributed by atoms with E-state index in [0.717, 1.165) is 63.2 Å². The number of unbranched alkanes of at least 4 members (excludes halogenated alkanes) is 1. The van der Waals surface area contributed by atoms with Crippen LogP contribution in [0, 0.1) is 5.92 Å². The monoisotopic (exact) mass is 340 g/mol. The summed E-state index contributed by atoms with van der Waals surface area (Å²) in [4.78, 5) is 19.6. The molecule has 2 aliphatic rings. The number of anilines is 1. The van der Waals surface area contributed by atoms with Gasteiger partial charge in [-0.15, -0.1) is 0 Å². The minimum atomic E-state index is 0.172. The predicted molar refractivity (Wildman–Crippen MR) is 101 cm³/mol. The maximum Gasteiger partial charge on any atom is 0.223 e. The Kier molecular flexibility index (Phi) is 4.64. The molecule has 1 saturated heterocycles. The summed E-state index contributed by atoms with van der Waals surface area (Å²) >= 11 is 0. The number of carbonyl (C=O) groups is 1. The number of para-hydroxylation sites is 2. The number of nitrogens with one attached hydrogen (secondary N) is 1. The molecule has 0 unspecified atom stereocenters. The number of hydrogen-bond acceptors (Lipinski definition) is 3. The van der Waals surface area contributed by atoms with E-state index in [2.05, 4.69) is 46.0 Å². The minimum Gasteiger partial charge on any atom is -0.353 e. The number of nitrogens with zero attached hydrogens (tertiary/aromatic N) is 3. The fraction of sp³-hybridized carbons (Fsp3) is 0.600. The largest absolute Gasteiger partial charge is 0.353 e. The summed E-state index contributed by atoms with van der Waals surface area (Å²) in [7, 11) is 0. The Morgan fingerprint density at radius 1 is 1.20 bits per heavy atom. The molecule has 1 N–H and O–H groups in total. The van der Waals surface area contributed by atoms with Gasteiger partial charge in [-0.2, -0.15) is 0 Å². The zero-order chi connectivity index (χ0) is 17.2. The molecular weight excluding hydrogens is 312 g/mol. The van der Waals surface area contributed by atoms with Crippen LogP contribution in [-0.2, 0) is 11.3 Å². The third kappa shape index (κ3) is 3.51. The molecule has 1 aromatic heterocycles. The Balaban J connectivity index is 1.49. The summed E-state index contributed by atoms with van der Waals surface area (Å²) in [5, 5.41) is 3.16. The van der Waals surface area contributed by atoms with E-state index in [0.29, 0.717) is 6.04 Å². The van der Waals surface area contributed by atoms with Crippen molar-refractivity contribution in [2.24, 2.45) is 5.92 Å². The standard InChI is InChI=1S/C20H28N4O/c1-2-3-12-24-18-7-5-4-6-17(18)22-20(24)23-13-10-15(11-14-23)19(25)21-16-8-9-16/h4-7,15-16H,2-3,8-14H2,1H3,(H,21,25). The molecule has 25 heavy (non-hydrogen) atoms. The quantitative estimate of drug-likeness (QED) is 0.877. The van der Waals surface area contributed by atoms with Crippen molar-refractivity contribution in [1.29, 1.82) is 0 Å². The lowest BCUT2D eigenvalue weighted by atomic mass is 9.96. The van der Waals surface area contributed by atoms with Crippen molar-refractivity contribution in [2.45, 2.75) is 58.0 Å². The van der Waals surface area contributed by atoms with E-state index >= 15 is 0 Å². The number of fused-ring (bicyclic) bond motifs is 1. The number of aryl methyl sites for hydroxylation is 1. The van der Waals surface area contributed by atoms with E-state index in [1.54, 1.807) is 0 Å². The highest BCUT2D eigenvalue weighted by molar-refractivity contribution is 5.80. The Morgan fingerprint density at radius 2 is 1.96 bits per heavy atom. The molecule has 0 spiro atoms. The first-order chi connectivity index (χ1) is 12.3. The zero-order valence-corrected chi connectivity index (χ0v) is 15.1. The smallest absolute Gasteiger partial charge is 0.223 e. The number of imidazole rings is 1. The second kappa shape index (κ2) is 7.06. The van der Waals surface area contributed by atoms with Crippen molar-refractivity contribution < 1.29 is 4.79 Å². The van der Waals surface area contributed by atoms with Gasteiger partial charge in [0, 0.05) is 31.6 Å². The van der Waals surface area contributed by atoms with Crippen LogP contribution in [-0.4, -0.2) is 34.6 Å². The number of benzene rings is 1. The zero-order valence-electron chi connectivity index (χ0n) is 15.1. The summed E-state index contributed by atoms with van der Waals surface area (Å²) in [6.45, 7) is 5.06. The van der Waals surface area contributed by atoms with Crippen LogP contribution in [0.5, 0.6) is 0 Å². The van der Waals surface area contributed by atoms with Crippen LogP contribution in [0.3, 0.4) is 0 Å².